The molecule has 4 nitrogen and oxygen atoms in total. The number of carbonyl (C=O) groups is 2. The molecule has 0 saturated heterocycles. The molecule has 114 valence electrons. The summed E-state index contributed by atoms with van der Waals surface area (Å²) in [5.41, 5.74) is 0. The summed E-state index contributed by atoms with van der Waals surface area (Å²) in [5.74, 6) is -0.0749. The molecule has 0 heterocycles. The van der Waals surface area contributed by atoms with E-state index in [2.05, 4.69) is 31.9 Å². The van der Waals surface area contributed by atoms with Gasteiger partial charge in [0, 0.05) is 8.95 Å². The monoisotopic (exact) mass is 426 g/mol. The van der Waals surface area contributed by atoms with Crippen molar-refractivity contribution < 1.29 is 19.1 Å². The number of benzene rings is 2. The molecule has 0 bridgehead atoms. The van der Waals surface area contributed by atoms with Crippen molar-refractivity contribution in [2.75, 3.05) is 0 Å². The second-order valence-corrected chi connectivity index (χ2v) is 6.19. The number of rotatable bonds is 5. The third-order valence-corrected chi connectivity index (χ3v) is 3.68. The van der Waals surface area contributed by atoms with E-state index in [1.54, 1.807) is 48.5 Å². The Bertz CT molecular complexity index is 591. The Morgan fingerprint density at radius 3 is 1.32 bits per heavy atom. The van der Waals surface area contributed by atoms with Gasteiger partial charge in [-0.15, -0.1) is 0 Å². The van der Waals surface area contributed by atoms with Gasteiger partial charge in [-0.3, -0.25) is 9.59 Å². The van der Waals surface area contributed by atoms with Crippen LogP contribution in [0.1, 0.15) is 12.8 Å². The zero-order chi connectivity index (χ0) is 15.9. The lowest BCUT2D eigenvalue weighted by molar-refractivity contribution is -0.140. The average molecular weight is 428 g/mol. The van der Waals surface area contributed by atoms with E-state index >= 15 is 0 Å². The first kappa shape index (κ1) is 16.7. The maximum absolute atomic E-state index is 11.7. The first-order valence-electron chi connectivity index (χ1n) is 6.45. The maximum Gasteiger partial charge on any atom is 0.311 e. The van der Waals surface area contributed by atoms with Crippen LogP contribution in [0.4, 0.5) is 0 Å². The number of carbonyl (C=O) groups excluding carboxylic acids is 2. The number of hydrogen-bond donors (Lipinski definition) is 0. The molecule has 0 saturated carbocycles. The number of esters is 2. The lowest BCUT2D eigenvalue weighted by Crippen LogP contribution is -2.14. The zero-order valence-electron chi connectivity index (χ0n) is 11.4. The number of hydrogen-bond acceptors (Lipinski definition) is 4. The quantitative estimate of drug-likeness (QED) is 0.520. The topological polar surface area (TPSA) is 52.6 Å². The van der Waals surface area contributed by atoms with Gasteiger partial charge in [-0.1, -0.05) is 31.9 Å². The molecule has 0 amide bonds. The van der Waals surface area contributed by atoms with E-state index in [1.807, 2.05) is 0 Å². The van der Waals surface area contributed by atoms with Gasteiger partial charge < -0.3 is 9.47 Å². The van der Waals surface area contributed by atoms with E-state index in [-0.39, 0.29) is 12.8 Å². The Balaban J connectivity index is 1.76. The summed E-state index contributed by atoms with van der Waals surface area (Å²) in [6, 6.07) is 13.7. The van der Waals surface area contributed by atoms with Gasteiger partial charge in [0.05, 0.1) is 12.8 Å². The SMILES string of the molecule is O=C(CCC(=O)Oc1ccc(Br)cc1)Oc1ccc(Br)cc1. The van der Waals surface area contributed by atoms with Gasteiger partial charge in [-0.05, 0) is 48.5 Å². The molecular weight excluding hydrogens is 416 g/mol. The van der Waals surface area contributed by atoms with Crippen molar-refractivity contribution >= 4 is 43.8 Å². The number of halogens is 2. The smallest absolute Gasteiger partial charge is 0.311 e. The van der Waals surface area contributed by atoms with Gasteiger partial charge in [0.15, 0.2) is 0 Å². The van der Waals surface area contributed by atoms with Crippen LogP contribution in [0, 0.1) is 0 Å². The lowest BCUT2D eigenvalue weighted by atomic mass is 10.3. The van der Waals surface area contributed by atoms with Gasteiger partial charge in [0.25, 0.3) is 0 Å². The Hall–Kier alpha value is -1.66. The normalized spacial score (nSPS) is 10.1. The van der Waals surface area contributed by atoms with Crippen molar-refractivity contribution in [1.29, 1.82) is 0 Å². The fourth-order valence-electron chi connectivity index (χ4n) is 1.57. The van der Waals surface area contributed by atoms with Gasteiger partial charge in [0.1, 0.15) is 11.5 Å². The molecule has 2 aromatic rings. The first-order valence-corrected chi connectivity index (χ1v) is 8.04. The summed E-state index contributed by atoms with van der Waals surface area (Å²) in [6.07, 6.45) is -0.0726. The van der Waals surface area contributed by atoms with Crippen molar-refractivity contribution in [3.8, 4) is 11.5 Å². The summed E-state index contributed by atoms with van der Waals surface area (Å²) in [7, 11) is 0. The summed E-state index contributed by atoms with van der Waals surface area (Å²) in [4.78, 5) is 23.3. The first-order chi connectivity index (χ1) is 10.5. The molecule has 0 unspecified atom stereocenters. The predicted molar refractivity (Wildman–Crippen MR) is 88.8 cm³/mol. The second kappa shape index (κ2) is 8.10. The summed E-state index contributed by atoms with van der Waals surface area (Å²) in [6.45, 7) is 0. The van der Waals surface area contributed by atoms with Crippen molar-refractivity contribution in [2.24, 2.45) is 0 Å². The van der Waals surface area contributed by atoms with Crippen LogP contribution in [-0.2, 0) is 9.59 Å². The lowest BCUT2D eigenvalue weighted by Gasteiger charge is -2.05. The molecular formula is C16H12Br2O4. The third kappa shape index (κ3) is 5.61. The van der Waals surface area contributed by atoms with Crippen LogP contribution in [0.15, 0.2) is 57.5 Å². The van der Waals surface area contributed by atoms with Crippen molar-refractivity contribution in [3.63, 3.8) is 0 Å². The molecule has 6 heteroatoms. The maximum atomic E-state index is 11.7. The van der Waals surface area contributed by atoms with E-state index in [0.717, 1.165) is 8.95 Å². The van der Waals surface area contributed by atoms with Crippen LogP contribution < -0.4 is 9.47 Å². The van der Waals surface area contributed by atoms with Gasteiger partial charge in [-0.2, -0.15) is 0 Å². The van der Waals surface area contributed by atoms with Crippen LogP contribution in [-0.4, -0.2) is 11.9 Å². The van der Waals surface area contributed by atoms with Crippen LogP contribution in [0.25, 0.3) is 0 Å². The predicted octanol–water partition coefficient (Wildman–Crippen LogP) is 4.50. The fraction of sp³-hybridized carbons (Fsp3) is 0.125. The van der Waals surface area contributed by atoms with Crippen LogP contribution >= 0.6 is 31.9 Å². The molecule has 2 aromatic carbocycles. The standard InChI is InChI=1S/C16H12Br2O4/c17-11-1-5-13(6-2-11)21-15(19)9-10-16(20)22-14-7-3-12(18)4-8-14/h1-8H,9-10H2. The Labute approximate surface area is 144 Å². The summed E-state index contributed by atoms with van der Waals surface area (Å²) >= 11 is 6.59. The van der Waals surface area contributed by atoms with Crippen LogP contribution in [0.5, 0.6) is 11.5 Å². The second-order valence-electron chi connectivity index (χ2n) is 4.36. The van der Waals surface area contributed by atoms with E-state index in [1.165, 1.54) is 0 Å². The highest BCUT2D eigenvalue weighted by molar-refractivity contribution is 9.10. The molecule has 0 spiro atoms. The highest BCUT2D eigenvalue weighted by Gasteiger charge is 2.11. The summed E-state index contributed by atoms with van der Waals surface area (Å²) < 4.78 is 12.0. The molecule has 0 aliphatic heterocycles. The third-order valence-electron chi connectivity index (χ3n) is 2.62. The zero-order valence-corrected chi connectivity index (χ0v) is 14.6. The Morgan fingerprint density at radius 1 is 0.682 bits per heavy atom. The van der Waals surface area contributed by atoms with E-state index in [4.69, 9.17) is 9.47 Å². The van der Waals surface area contributed by atoms with E-state index in [0.29, 0.717) is 11.5 Å². The van der Waals surface area contributed by atoms with E-state index in [9.17, 15) is 9.59 Å². The summed E-state index contributed by atoms with van der Waals surface area (Å²) in [5, 5.41) is 0. The molecule has 0 aliphatic rings. The molecule has 0 aliphatic carbocycles. The van der Waals surface area contributed by atoms with E-state index < -0.39 is 11.9 Å². The molecule has 2 rings (SSSR count). The highest BCUT2D eigenvalue weighted by atomic mass is 79.9. The van der Waals surface area contributed by atoms with Crippen LogP contribution in [0.3, 0.4) is 0 Å². The molecule has 0 fully saturated rings. The fourth-order valence-corrected chi connectivity index (χ4v) is 2.10. The van der Waals surface area contributed by atoms with Gasteiger partial charge >= 0.3 is 11.9 Å². The molecule has 0 atom stereocenters. The number of ether oxygens (including phenoxy) is 2. The van der Waals surface area contributed by atoms with Gasteiger partial charge in [0.2, 0.25) is 0 Å². The van der Waals surface area contributed by atoms with Crippen molar-refractivity contribution in [3.05, 3.63) is 57.5 Å². The van der Waals surface area contributed by atoms with Crippen molar-refractivity contribution in [2.45, 2.75) is 12.8 Å². The van der Waals surface area contributed by atoms with Gasteiger partial charge in [-0.25, -0.2) is 0 Å². The largest absolute Gasteiger partial charge is 0.427 e. The minimum Gasteiger partial charge on any atom is -0.427 e. The average Bonchev–Trinajstić information content (AvgIpc) is 2.50. The molecule has 0 N–H and O–H groups in total. The molecule has 0 radical (unpaired) electrons. The minimum atomic E-state index is -0.477. The Kier molecular flexibility index (Phi) is 6.15. The highest BCUT2D eigenvalue weighted by Crippen LogP contribution is 2.18. The molecule has 22 heavy (non-hydrogen) atoms. The minimum absolute atomic E-state index is 0.0363. The van der Waals surface area contributed by atoms with Crippen LogP contribution in [0.2, 0.25) is 0 Å². The van der Waals surface area contributed by atoms with Crippen molar-refractivity contribution in [1.82, 2.24) is 0 Å². The Morgan fingerprint density at radius 2 is 1.00 bits per heavy atom. The molecule has 0 aromatic heterocycles.